The Morgan fingerprint density at radius 3 is 2.67 bits per heavy atom. The number of rotatable bonds is 0. The van der Waals surface area contributed by atoms with Gasteiger partial charge in [0.05, 0.1) is 6.20 Å². The van der Waals surface area contributed by atoms with Crippen LogP contribution in [0.3, 0.4) is 0 Å². The van der Waals surface area contributed by atoms with Gasteiger partial charge in [-0.1, -0.05) is 0 Å². The lowest BCUT2D eigenvalue weighted by molar-refractivity contribution is -0.122. The van der Waals surface area contributed by atoms with Gasteiger partial charge >= 0.3 is 0 Å². The molecule has 0 aliphatic carbocycles. The molecule has 4 nitrogen and oxygen atoms in total. The normalized spacial score (nSPS) is 15.8. The fraction of sp³-hybridized carbons (Fsp3) is 0.500. The van der Waals surface area contributed by atoms with Crippen LogP contribution in [-0.2, 0) is 4.79 Å². The molecule has 0 bridgehead atoms. The molecule has 1 aliphatic rings. The van der Waals surface area contributed by atoms with E-state index in [4.69, 9.17) is 0 Å². The predicted molar refractivity (Wildman–Crippen MR) is 43.4 cm³/mol. The SMILES string of the molecule is O=C1CCCCN1.c1cocn1. The van der Waals surface area contributed by atoms with Crippen molar-refractivity contribution in [2.45, 2.75) is 19.3 Å². The molecule has 1 aromatic rings. The summed E-state index contributed by atoms with van der Waals surface area (Å²) < 4.78 is 4.47. The van der Waals surface area contributed by atoms with Crippen LogP contribution in [0.4, 0.5) is 0 Å². The van der Waals surface area contributed by atoms with E-state index in [0.717, 1.165) is 25.8 Å². The van der Waals surface area contributed by atoms with Crippen molar-refractivity contribution in [3.63, 3.8) is 0 Å². The predicted octanol–water partition coefficient (Wildman–Crippen LogP) is 0.961. The average molecular weight is 168 g/mol. The summed E-state index contributed by atoms with van der Waals surface area (Å²) in [6.07, 6.45) is 7.44. The van der Waals surface area contributed by atoms with Crippen LogP contribution in [0.5, 0.6) is 0 Å². The van der Waals surface area contributed by atoms with Gasteiger partial charge < -0.3 is 9.73 Å². The molecule has 1 aliphatic heterocycles. The second-order valence-corrected chi connectivity index (χ2v) is 2.48. The second kappa shape index (κ2) is 5.35. The van der Waals surface area contributed by atoms with Gasteiger partial charge in [-0.2, -0.15) is 0 Å². The smallest absolute Gasteiger partial charge is 0.219 e. The first-order valence-electron chi connectivity index (χ1n) is 3.98. The number of nitrogens with one attached hydrogen (secondary N) is 1. The Labute approximate surface area is 71.0 Å². The first-order valence-corrected chi connectivity index (χ1v) is 3.98. The van der Waals surface area contributed by atoms with Crippen molar-refractivity contribution in [1.82, 2.24) is 10.3 Å². The highest BCUT2D eigenvalue weighted by atomic mass is 16.3. The van der Waals surface area contributed by atoms with Gasteiger partial charge in [0.1, 0.15) is 6.26 Å². The summed E-state index contributed by atoms with van der Waals surface area (Å²) in [6.45, 7) is 0.888. The molecule has 0 saturated carbocycles. The number of amides is 1. The van der Waals surface area contributed by atoms with Crippen molar-refractivity contribution in [2.75, 3.05) is 6.54 Å². The molecule has 1 amide bonds. The summed E-state index contributed by atoms with van der Waals surface area (Å²) >= 11 is 0. The second-order valence-electron chi connectivity index (χ2n) is 2.48. The summed E-state index contributed by atoms with van der Waals surface area (Å²) in [6, 6.07) is 0. The van der Waals surface area contributed by atoms with E-state index < -0.39 is 0 Å². The summed E-state index contributed by atoms with van der Waals surface area (Å²) in [7, 11) is 0. The van der Waals surface area contributed by atoms with Crippen LogP contribution in [0, 0.1) is 0 Å². The van der Waals surface area contributed by atoms with Gasteiger partial charge in [0.2, 0.25) is 5.91 Å². The molecule has 2 rings (SSSR count). The van der Waals surface area contributed by atoms with E-state index in [-0.39, 0.29) is 5.91 Å². The van der Waals surface area contributed by atoms with Gasteiger partial charge in [-0.25, -0.2) is 4.98 Å². The number of carbonyl (C=O) groups excluding carboxylic acids is 1. The van der Waals surface area contributed by atoms with Crippen molar-refractivity contribution in [3.05, 3.63) is 18.9 Å². The minimum absolute atomic E-state index is 0.214. The molecule has 1 N–H and O–H groups in total. The zero-order chi connectivity index (χ0) is 8.65. The molecule has 4 heteroatoms. The first kappa shape index (κ1) is 8.77. The van der Waals surface area contributed by atoms with Gasteiger partial charge in [-0.3, -0.25) is 4.79 Å². The maximum Gasteiger partial charge on any atom is 0.219 e. The van der Waals surface area contributed by atoms with Gasteiger partial charge in [0, 0.05) is 13.0 Å². The van der Waals surface area contributed by atoms with Gasteiger partial charge in [-0.05, 0) is 12.8 Å². The summed E-state index contributed by atoms with van der Waals surface area (Å²) in [4.78, 5) is 13.9. The van der Waals surface area contributed by atoms with Crippen molar-refractivity contribution < 1.29 is 9.21 Å². The molecule has 1 saturated heterocycles. The maximum atomic E-state index is 10.4. The minimum Gasteiger partial charge on any atom is -0.452 e. The fourth-order valence-corrected chi connectivity index (χ4v) is 0.902. The van der Waals surface area contributed by atoms with Gasteiger partial charge in [0.15, 0.2) is 6.39 Å². The average Bonchev–Trinajstić information content (AvgIpc) is 2.62. The number of hydrogen-bond acceptors (Lipinski definition) is 3. The van der Waals surface area contributed by atoms with E-state index in [1.165, 1.54) is 12.7 Å². The van der Waals surface area contributed by atoms with Crippen LogP contribution >= 0.6 is 0 Å². The highest BCUT2D eigenvalue weighted by Crippen LogP contribution is 1.98. The molecule has 0 aromatic carbocycles. The third kappa shape index (κ3) is 3.75. The van der Waals surface area contributed by atoms with E-state index in [1.807, 2.05) is 0 Å². The first-order chi connectivity index (χ1) is 5.89. The fourth-order valence-electron chi connectivity index (χ4n) is 0.902. The van der Waals surface area contributed by atoms with E-state index in [1.54, 1.807) is 6.20 Å². The number of hydrogen-bond donors (Lipinski definition) is 1. The lowest BCUT2D eigenvalue weighted by atomic mass is 10.2. The van der Waals surface area contributed by atoms with Crippen LogP contribution in [0.2, 0.25) is 0 Å². The quantitative estimate of drug-likeness (QED) is 0.627. The molecule has 0 atom stereocenters. The molecule has 2 heterocycles. The lowest BCUT2D eigenvalue weighted by Gasteiger charge is -2.08. The monoisotopic (exact) mass is 168 g/mol. The van der Waals surface area contributed by atoms with Crippen molar-refractivity contribution >= 4 is 5.91 Å². The van der Waals surface area contributed by atoms with Crippen LogP contribution in [-0.4, -0.2) is 17.4 Å². The molecular weight excluding hydrogens is 156 g/mol. The van der Waals surface area contributed by atoms with E-state index in [0.29, 0.717) is 0 Å². The van der Waals surface area contributed by atoms with Crippen LogP contribution in [0.25, 0.3) is 0 Å². The zero-order valence-electron chi connectivity index (χ0n) is 6.82. The number of carbonyl (C=O) groups is 1. The van der Waals surface area contributed by atoms with Crippen LogP contribution < -0.4 is 5.32 Å². The molecular formula is C8H12N2O2. The lowest BCUT2D eigenvalue weighted by Crippen LogP contribution is -2.28. The Kier molecular flexibility index (Phi) is 3.91. The zero-order valence-corrected chi connectivity index (χ0v) is 6.82. The van der Waals surface area contributed by atoms with E-state index >= 15 is 0 Å². The molecule has 1 aromatic heterocycles. The van der Waals surface area contributed by atoms with Gasteiger partial charge in [-0.15, -0.1) is 0 Å². The summed E-state index contributed by atoms with van der Waals surface area (Å²) in [5, 5.41) is 2.74. The Balaban J connectivity index is 0.000000127. The minimum atomic E-state index is 0.214. The molecule has 1 fully saturated rings. The number of aromatic nitrogens is 1. The molecule has 66 valence electrons. The third-order valence-electron chi connectivity index (χ3n) is 1.50. The largest absolute Gasteiger partial charge is 0.452 e. The third-order valence-corrected chi connectivity index (χ3v) is 1.50. The highest BCUT2D eigenvalue weighted by Gasteiger charge is 2.04. The van der Waals surface area contributed by atoms with E-state index in [9.17, 15) is 4.79 Å². The summed E-state index contributed by atoms with van der Waals surface area (Å²) in [5.74, 6) is 0.214. The number of piperidine rings is 1. The van der Waals surface area contributed by atoms with Crippen molar-refractivity contribution in [3.8, 4) is 0 Å². The maximum absolute atomic E-state index is 10.4. The van der Waals surface area contributed by atoms with Crippen LogP contribution in [0.1, 0.15) is 19.3 Å². The summed E-state index contributed by atoms with van der Waals surface area (Å²) in [5.41, 5.74) is 0. The van der Waals surface area contributed by atoms with E-state index in [2.05, 4.69) is 14.7 Å². The molecule has 12 heavy (non-hydrogen) atoms. The molecule has 0 unspecified atom stereocenters. The topological polar surface area (TPSA) is 55.1 Å². The van der Waals surface area contributed by atoms with Crippen LogP contribution in [0.15, 0.2) is 23.3 Å². The Morgan fingerprint density at radius 2 is 2.42 bits per heavy atom. The van der Waals surface area contributed by atoms with Crippen molar-refractivity contribution in [2.24, 2.45) is 0 Å². The Bertz CT molecular complexity index is 184. The highest BCUT2D eigenvalue weighted by molar-refractivity contribution is 5.76. The molecule has 0 radical (unpaired) electrons. The number of oxazole rings is 1. The van der Waals surface area contributed by atoms with Gasteiger partial charge in [0.25, 0.3) is 0 Å². The Hall–Kier alpha value is -1.32. The molecule has 0 spiro atoms. The Morgan fingerprint density at radius 1 is 1.50 bits per heavy atom. The standard InChI is InChI=1S/C5H9NO.C3H3NO/c7-5-3-1-2-4-6-5;1-2-5-3-4-1/h1-4H2,(H,6,7);1-3H. The van der Waals surface area contributed by atoms with Crippen molar-refractivity contribution in [1.29, 1.82) is 0 Å². The number of nitrogens with zero attached hydrogens (tertiary/aromatic N) is 1.